The normalized spacial score (nSPS) is 20.6. The lowest BCUT2D eigenvalue weighted by Crippen LogP contribution is -2.19. The summed E-state index contributed by atoms with van der Waals surface area (Å²) in [5.41, 5.74) is 3.57. The first-order chi connectivity index (χ1) is 12.8. The molecule has 0 aromatic carbocycles. The van der Waals surface area contributed by atoms with Gasteiger partial charge in [0, 0.05) is 24.0 Å². The van der Waals surface area contributed by atoms with Crippen molar-refractivity contribution >= 4 is 22.1 Å². The lowest BCUT2D eigenvalue weighted by Gasteiger charge is -2.29. The van der Waals surface area contributed by atoms with Crippen molar-refractivity contribution in [2.24, 2.45) is 5.92 Å². The summed E-state index contributed by atoms with van der Waals surface area (Å²) in [7, 11) is 0. The minimum Gasteiger partial charge on any atom is -0.451 e. The van der Waals surface area contributed by atoms with Gasteiger partial charge < -0.3 is 14.0 Å². The standard InChI is InChI=1S/C19H18N6O/c20-7-5-12-1-3-13(4-2-12)25-17-14-6-8-21-18(14)22-9-15(17)24-19(25)16-10-26-11-23-16/h6,8-13H,1-5H2,(H,21,22). The summed E-state index contributed by atoms with van der Waals surface area (Å²) in [4.78, 5) is 16.8. The molecule has 0 atom stereocenters. The van der Waals surface area contributed by atoms with Crippen LogP contribution in [0.1, 0.15) is 38.1 Å². The van der Waals surface area contributed by atoms with Crippen molar-refractivity contribution in [1.29, 1.82) is 5.26 Å². The van der Waals surface area contributed by atoms with Gasteiger partial charge in [-0.15, -0.1) is 0 Å². The van der Waals surface area contributed by atoms with E-state index in [2.05, 4.69) is 31.7 Å². The molecule has 7 heteroatoms. The second-order valence-corrected chi connectivity index (χ2v) is 6.95. The third-order valence-electron chi connectivity index (χ3n) is 5.46. The zero-order chi connectivity index (χ0) is 17.5. The molecule has 1 aliphatic rings. The van der Waals surface area contributed by atoms with Crippen molar-refractivity contribution in [2.75, 3.05) is 0 Å². The minimum atomic E-state index is 0.335. The van der Waals surface area contributed by atoms with E-state index in [-0.39, 0.29) is 0 Å². The Morgan fingerprint density at radius 1 is 1.27 bits per heavy atom. The molecule has 1 fully saturated rings. The average Bonchev–Trinajstić information content (AvgIpc) is 3.40. The third kappa shape index (κ3) is 2.30. The van der Waals surface area contributed by atoms with Gasteiger partial charge in [0.25, 0.3) is 0 Å². The van der Waals surface area contributed by atoms with Gasteiger partial charge in [-0.3, -0.25) is 0 Å². The van der Waals surface area contributed by atoms with E-state index >= 15 is 0 Å². The molecule has 26 heavy (non-hydrogen) atoms. The average molecular weight is 346 g/mol. The van der Waals surface area contributed by atoms with Gasteiger partial charge >= 0.3 is 0 Å². The number of aromatic nitrogens is 5. The van der Waals surface area contributed by atoms with Gasteiger partial charge in [0.2, 0.25) is 0 Å². The SMILES string of the molecule is N#CCC1CCC(n2c(-c3cocn3)nc3cnc4[nH]ccc4c32)CC1. The Kier molecular flexibility index (Phi) is 3.49. The molecular formula is C19H18N6O. The molecular weight excluding hydrogens is 328 g/mol. The number of rotatable bonds is 3. The number of imidazole rings is 1. The van der Waals surface area contributed by atoms with E-state index in [0.29, 0.717) is 18.4 Å². The second kappa shape index (κ2) is 5.99. The van der Waals surface area contributed by atoms with E-state index in [0.717, 1.165) is 59.3 Å². The van der Waals surface area contributed by atoms with Crippen LogP contribution in [0, 0.1) is 17.2 Å². The predicted molar refractivity (Wildman–Crippen MR) is 96.1 cm³/mol. The minimum absolute atomic E-state index is 0.335. The predicted octanol–water partition coefficient (Wildman–Crippen LogP) is 4.21. The molecule has 4 aromatic rings. The van der Waals surface area contributed by atoms with Crippen molar-refractivity contribution in [3.8, 4) is 17.6 Å². The highest BCUT2D eigenvalue weighted by atomic mass is 16.3. The Bertz CT molecular complexity index is 1090. The number of fused-ring (bicyclic) bond motifs is 3. The molecule has 0 spiro atoms. The second-order valence-electron chi connectivity index (χ2n) is 6.95. The molecule has 0 amide bonds. The Morgan fingerprint density at radius 2 is 2.15 bits per heavy atom. The maximum Gasteiger partial charge on any atom is 0.181 e. The molecule has 7 nitrogen and oxygen atoms in total. The largest absolute Gasteiger partial charge is 0.451 e. The van der Waals surface area contributed by atoms with E-state index < -0.39 is 0 Å². The highest BCUT2D eigenvalue weighted by molar-refractivity contribution is 6.02. The van der Waals surface area contributed by atoms with Gasteiger partial charge in [0.05, 0.1) is 17.8 Å². The number of hydrogen-bond acceptors (Lipinski definition) is 5. The maximum absolute atomic E-state index is 8.98. The van der Waals surface area contributed by atoms with Crippen LogP contribution < -0.4 is 0 Å². The fraction of sp³-hybridized carbons (Fsp3) is 0.368. The summed E-state index contributed by atoms with van der Waals surface area (Å²) < 4.78 is 7.52. The van der Waals surface area contributed by atoms with Crippen LogP contribution in [0.3, 0.4) is 0 Å². The highest BCUT2D eigenvalue weighted by Crippen LogP contribution is 2.39. The van der Waals surface area contributed by atoms with E-state index in [4.69, 9.17) is 14.7 Å². The van der Waals surface area contributed by atoms with E-state index in [1.54, 1.807) is 6.26 Å². The molecule has 4 heterocycles. The van der Waals surface area contributed by atoms with Crippen LogP contribution in [-0.4, -0.2) is 24.5 Å². The van der Waals surface area contributed by atoms with Crippen molar-refractivity contribution in [2.45, 2.75) is 38.1 Å². The first-order valence-corrected chi connectivity index (χ1v) is 8.94. The van der Waals surface area contributed by atoms with Gasteiger partial charge in [-0.05, 0) is 37.7 Å². The summed E-state index contributed by atoms with van der Waals surface area (Å²) in [6.45, 7) is 0. The van der Waals surface area contributed by atoms with E-state index in [9.17, 15) is 0 Å². The van der Waals surface area contributed by atoms with Crippen molar-refractivity contribution in [3.63, 3.8) is 0 Å². The zero-order valence-corrected chi connectivity index (χ0v) is 14.2. The Morgan fingerprint density at radius 3 is 2.92 bits per heavy atom. The van der Waals surface area contributed by atoms with Crippen LogP contribution in [0.2, 0.25) is 0 Å². The number of nitrogens with one attached hydrogen (secondary N) is 1. The number of aromatic amines is 1. The summed E-state index contributed by atoms with van der Waals surface area (Å²) in [6.07, 6.45) is 11.7. The molecule has 4 aromatic heterocycles. The first-order valence-electron chi connectivity index (χ1n) is 8.94. The zero-order valence-electron chi connectivity index (χ0n) is 14.2. The van der Waals surface area contributed by atoms with Crippen LogP contribution in [-0.2, 0) is 0 Å². The molecule has 0 bridgehead atoms. The van der Waals surface area contributed by atoms with Crippen molar-refractivity contribution in [1.82, 2.24) is 24.5 Å². The summed E-state index contributed by atoms with van der Waals surface area (Å²) in [5, 5.41) is 10.1. The fourth-order valence-corrected chi connectivity index (χ4v) is 4.19. The number of H-pyrrole nitrogens is 1. The lowest BCUT2D eigenvalue weighted by molar-refractivity contribution is 0.283. The molecule has 130 valence electrons. The fourth-order valence-electron chi connectivity index (χ4n) is 4.19. The quantitative estimate of drug-likeness (QED) is 0.599. The first kappa shape index (κ1) is 15.1. The number of nitriles is 1. The third-order valence-corrected chi connectivity index (χ3v) is 5.46. The van der Waals surface area contributed by atoms with Gasteiger partial charge in [0.15, 0.2) is 12.2 Å². The van der Waals surface area contributed by atoms with Crippen molar-refractivity contribution < 1.29 is 4.42 Å². The number of pyridine rings is 1. The molecule has 5 rings (SSSR count). The Labute approximate surface area is 149 Å². The summed E-state index contributed by atoms with van der Waals surface area (Å²) in [5.74, 6) is 1.34. The molecule has 1 aliphatic carbocycles. The van der Waals surface area contributed by atoms with Crippen LogP contribution in [0.4, 0.5) is 0 Å². The monoisotopic (exact) mass is 346 g/mol. The molecule has 0 unspecified atom stereocenters. The molecule has 1 saturated carbocycles. The van der Waals surface area contributed by atoms with Gasteiger partial charge in [-0.25, -0.2) is 15.0 Å². The molecule has 0 saturated heterocycles. The Balaban J connectivity index is 1.68. The summed E-state index contributed by atoms with van der Waals surface area (Å²) in [6, 6.07) is 4.70. The van der Waals surface area contributed by atoms with Gasteiger partial charge in [-0.2, -0.15) is 5.26 Å². The van der Waals surface area contributed by atoms with E-state index in [1.807, 2.05) is 12.4 Å². The van der Waals surface area contributed by atoms with Crippen LogP contribution in [0.25, 0.3) is 33.6 Å². The number of hydrogen-bond donors (Lipinski definition) is 1. The number of oxazole rings is 1. The van der Waals surface area contributed by atoms with Crippen molar-refractivity contribution in [3.05, 3.63) is 31.1 Å². The smallest absolute Gasteiger partial charge is 0.181 e. The number of nitrogens with zero attached hydrogens (tertiary/aromatic N) is 5. The lowest BCUT2D eigenvalue weighted by atomic mass is 9.84. The summed E-state index contributed by atoms with van der Waals surface area (Å²) >= 11 is 0. The maximum atomic E-state index is 8.98. The van der Waals surface area contributed by atoms with Crippen LogP contribution in [0.15, 0.2) is 35.5 Å². The topological polar surface area (TPSA) is 96.3 Å². The molecule has 0 radical (unpaired) electrons. The van der Waals surface area contributed by atoms with Crippen LogP contribution >= 0.6 is 0 Å². The molecule has 1 N–H and O–H groups in total. The van der Waals surface area contributed by atoms with Gasteiger partial charge in [-0.1, -0.05) is 0 Å². The molecule has 0 aliphatic heterocycles. The highest BCUT2D eigenvalue weighted by Gasteiger charge is 2.28. The van der Waals surface area contributed by atoms with Gasteiger partial charge in [0.1, 0.15) is 23.1 Å². The van der Waals surface area contributed by atoms with Crippen LogP contribution in [0.5, 0.6) is 0 Å². The van der Waals surface area contributed by atoms with E-state index in [1.165, 1.54) is 6.39 Å². The Hall–Kier alpha value is -3.14.